The summed E-state index contributed by atoms with van der Waals surface area (Å²) in [6.45, 7) is 5.83. The van der Waals surface area contributed by atoms with Crippen molar-refractivity contribution in [2.24, 2.45) is 0 Å². The molecule has 4 heterocycles. The molecule has 8 nitrogen and oxygen atoms in total. The molecule has 0 spiro atoms. The lowest BCUT2D eigenvalue weighted by Gasteiger charge is -2.21. The monoisotopic (exact) mass is 396 g/mol. The van der Waals surface area contributed by atoms with Crippen molar-refractivity contribution in [1.29, 1.82) is 0 Å². The van der Waals surface area contributed by atoms with E-state index in [-0.39, 0.29) is 36.2 Å². The zero-order valence-corrected chi connectivity index (χ0v) is 16.6. The summed E-state index contributed by atoms with van der Waals surface area (Å²) in [5, 5.41) is 0. The standard InChI is InChI=1S/C20H32N2O6/c23-19(21(7-15-11-25-15)8-16-12-26-16)5-3-1-2-4-6-20(24)22(9-17-13-27-17)10-18-14-28-18/h15-18H,1-14H2. The molecule has 4 saturated heterocycles. The van der Waals surface area contributed by atoms with Gasteiger partial charge in [-0.1, -0.05) is 12.8 Å². The molecule has 4 aliphatic rings. The van der Waals surface area contributed by atoms with E-state index in [4.69, 9.17) is 18.9 Å². The number of hydrogen-bond acceptors (Lipinski definition) is 6. The van der Waals surface area contributed by atoms with Crippen LogP contribution in [-0.2, 0) is 28.5 Å². The first-order chi connectivity index (χ1) is 13.7. The lowest BCUT2D eigenvalue weighted by molar-refractivity contribution is -0.132. The average Bonchev–Trinajstić information content (AvgIpc) is 3.53. The molecule has 0 N–H and O–H groups in total. The topological polar surface area (TPSA) is 90.7 Å². The third kappa shape index (κ3) is 7.31. The van der Waals surface area contributed by atoms with Crippen LogP contribution in [0.2, 0.25) is 0 Å². The van der Waals surface area contributed by atoms with Crippen molar-refractivity contribution in [3.8, 4) is 0 Å². The van der Waals surface area contributed by atoms with Crippen molar-refractivity contribution in [3.63, 3.8) is 0 Å². The van der Waals surface area contributed by atoms with Gasteiger partial charge in [-0.05, 0) is 12.8 Å². The Morgan fingerprint density at radius 3 is 1.11 bits per heavy atom. The molecule has 0 saturated carbocycles. The van der Waals surface area contributed by atoms with Crippen LogP contribution in [0.1, 0.15) is 38.5 Å². The van der Waals surface area contributed by atoms with Gasteiger partial charge in [0.15, 0.2) is 0 Å². The molecule has 28 heavy (non-hydrogen) atoms. The van der Waals surface area contributed by atoms with Gasteiger partial charge in [-0.3, -0.25) is 9.59 Å². The predicted molar refractivity (Wildman–Crippen MR) is 99.8 cm³/mol. The van der Waals surface area contributed by atoms with Crippen LogP contribution in [0.3, 0.4) is 0 Å². The minimum absolute atomic E-state index is 0.196. The van der Waals surface area contributed by atoms with Crippen LogP contribution >= 0.6 is 0 Å². The summed E-state index contributed by atoms with van der Waals surface area (Å²) in [5.41, 5.74) is 0. The first-order valence-electron chi connectivity index (χ1n) is 10.7. The van der Waals surface area contributed by atoms with Gasteiger partial charge in [0, 0.05) is 39.0 Å². The second kappa shape index (κ2) is 9.52. The second-order valence-electron chi connectivity index (χ2n) is 8.33. The summed E-state index contributed by atoms with van der Waals surface area (Å²) < 4.78 is 21.0. The van der Waals surface area contributed by atoms with Crippen LogP contribution < -0.4 is 0 Å². The molecule has 0 aromatic carbocycles. The molecule has 4 aliphatic heterocycles. The Labute approximate surface area is 166 Å². The minimum atomic E-state index is 0.196. The molecule has 0 radical (unpaired) electrons. The number of rotatable bonds is 15. The summed E-state index contributed by atoms with van der Waals surface area (Å²) in [4.78, 5) is 28.7. The molecule has 0 bridgehead atoms. The van der Waals surface area contributed by atoms with Gasteiger partial charge >= 0.3 is 0 Å². The normalized spacial score (nSPS) is 29.3. The third-order valence-electron chi connectivity index (χ3n) is 5.54. The van der Waals surface area contributed by atoms with Crippen LogP contribution in [0.4, 0.5) is 0 Å². The zero-order chi connectivity index (χ0) is 19.3. The SMILES string of the molecule is O=C(CCCCCCC(=O)N(CC1CO1)CC1CO1)N(CC1CO1)CC1CO1. The summed E-state index contributed by atoms with van der Waals surface area (Å²) in [5.74, 6) is 0.393. The van der Waals surface area contributed by atoms with Gasteiger partial charge in [0.1, 0.15) is 0 Å². The van der Waals surface area contributed by atoms with E-state index in [0.29, 0.717) is 39.0 Å². The largest absolute Gasteiger partial charge is 0.371 e. The van der Waals surface area contributed by atoms with Gasteiger partial charge in [-0.15, -0.1) is 0 Å². The maximum atomic E-state index is 12.4. The summed E-state index contributed by atoms with van der Waals surface area (Å²) in [6.07, 6.45) is 5.71. The average molecular weight is 396 g/mol. The quantitative estimate of drug-likeness (QED) is 0.297. The van der Waals surface area contributed by atoms with E-state index in [0.717, 1.165) is 52.1 Å². The van der Waals surface area contributed by atoms with Gasteiger partial charge < -0.3 is 28.7 Å². The van der Waals surface area contributed by atoms with E-state index in [1.54, 1.807) is 0 Å². The highest BCUT2D eigenvalue weighted by Gasteiger charge is 2.33. The second-order valence-corrected chi connectivity index (χ2v) is 8.33. The summed E-state index contributed by atoms with van der Waals surface area (Å²) in [7, 11) is 0. The Morgan fingerprint density at radius 2 is 0.857 bits per heavy atom. The molecule has 8 heteroatoms. The van der Waals surface area contributed by atoms with Crippen molar-refractivity contribution in [3.05, 3.63) is 0 Å². The van der Waals surface area contributed by atoms with Gasteiger partial charge in [0.25, 0.3) is 0 Å². The molecule has 4 unspecified atom stereocenters. The molecule has 0 aliphatic carbocycles. The number of carbonyl (C=O) groups is 2. The van der Waals surface area contributed by atoms with E-state index < -0.39 is 0 Å². The Kier molecular flexibility index (Phi) is 6.82. The Morgan fingerprint density at radius 1 is 0.571 bits per heavy atom. The number of nitrogens with zero attached hydrogens (tertiary/aromatic N) is 2. The number of amides is 2. The van der Waals surface area contributed by atoms with E-state index in [1.165, 1.54) is 0 Å². The smallest absolute Gasteiger partial charge is 0.222 e. The fourth-order valence-electron chi connectivity index (χ4n) is 3.46. The summed E-state index contributed by atoms with van der Waals surface area (Å²) in [6, 6.07) is 0. The molecule has 2 amide bonds. The van der Waals surface area contributed by atoms with E-state index >= 15 is 0 Å². The fourth-order valence-corrected chi connectivity index (χ4v) is 3.46. The van der Waals surface area contributed by atoms with Crippen LogP contribution in [0.5, 0.6) is 0 Å². The summed E-state index contributed by atoms with van der Waals surface area (Å²) >= 11 is 0. The lowest BCUT2D eigenvalue weighted by Crippen LogP contribution is -2.37. The molecule has 4 fully saturated rings. The first-order valence-corrected chi connectivity index (χ1v) is 10.7. The molecular weight excluding hydrogens is 364 g/mol. The van der Waals surface area contributed by atoms with Crippen molar-refractivity contribution < 1.29 is 28.5 Å². The number of epoxide rings is 4. The van der Waals surface area contributed by atoms with E-state index in [9.17, 15) is 9.59 Å². The maximum Gasteiger partial charge on any atom is 0.222 e. The molecular formula is C20H32N2O6. The molecule has 0 aromatic rings. The van der Waals surface area contributed by atoms with Crippen LogP contribution in [-0.4, -0.2) is 98.6 Å². The van der Waals surface area contributed by atoms with Crippen LogP contribution in [0, 0.1) is 0 Å². The fraction of sp³-hybridized carbons (Fsp3) is 0.900. The maximum absolute atomic E-state index is 12.4. The van der Waals surface area contributed by atoms with Crippen LogP contribution in [0.15, 0.2) is 0 Å². The van der Waals surface area contributed by atoms with Crippen molar-refractivity contribution in [1.82, 2.24) is 9.80 Å². The van der Waals surface area contributed by atoms with Crippen molar-refractivity contribution in [2.45, 2.75) is 62.9 Å². The minimum Gasteiger partial charge on any atom is -0.371 e. The highest BCUT2D eigenvalue weighted by atomic mass is 16.6. The Hall–Kier alpha value is -1.22. The van der Waals surface area contributed by atoms with Gasteiger partial charge in [0.05, 0.1) is 50.8 Å². The van der Waals surface area contributed by atoms with E-state index in [1.807, 2.05) is 9.80 Å². The number of unbranched alkanes of at least 4 members (excludes halogenated alkanes) is 3. The number of carbonyl (C=O) groups excluding carboxylic acids is 2. The Bertz CT molecular complexity index is 467. The highest BCUT2D eigenvalue weighted by Crippen LogP contribution is 2.19. The van der Waals surface area contributed by atoms with Crippen molar-refractivity contribution in [2.75, 3.05) is 52.6 Å². The van der Waals surface area contributed by atoms with Gasteiger partial charge in [0.2, 0.25) is 11.8 Å². The van der Waals surface area contributed by atoms with Crippen molar-refractivity contribution >= 4 is 11.8 Å². The Balaban J connectivity index is 1.06. The van der Waals surface area contributed by atoms with Crippen LogP contribution in [0.25, 0.3) is 0 Å². The predicted octanol–water partition coefficient (Wildman–Crippen LogP) is 0.579. The van der Waals surface area contributed by atoms with Gasteiger partial charge in [-0.2, -0.15) is 0 Å². The molecule has 0 aromatic heterocycles. The van der Waals surface area contributed by atoms with Gasteiger partial charge in [-0.25, -0.2) is 0 Å². The molecule has 158 valence electrons. The lowest BCUT2D eigenvalue weighted by atomic mass is 10.1. The molecule has 4 atom stereocenters. The zero-order valence-electron chi connectivity index (χ0n) is 16.6. The first kappa shape index (κ1) is 20.1. The third-order valence-corrected chi connectivity index (χ3v) is 5.54. The van der Waals surface area contributed by atoms with E-state index in [2.05, 4.69) is 0 Å². The molecule has 4 rings (SSSR count). The highest BCUT2D eigenvalue weighted by molar-refractivity contribution is 5.76. The number of hydrogen-bond donors (Lipinski definition) is 0. The number of ether oxygens (including phenoxy) is 4.